The zero-order chi connectivity index (χ0) is 26.7. The lowest BCUT2D eigenvalue weighted by molar-refractivity contribution is -0.0945. The summed E-state index contributed by atoms with van der Waals surface area (Å²) in [5.41, 5.74) is 0. The lowest BCUT2D eigenvalue weighted by atomic mass is 10.2. The highest BCUT2D eigenvalue weighted by molar-refractivity contribution is 6.90. The number of hydrogen-bond acceptors (Lipinski definition) is 7. The third-order valence-corrected chi connectivity index (χ3v) is 23.2. The number of ether oxygens (including phenoxy) is 1. The van der Waals surface area contributed by atoms with Gasteiger partial charge in [0.1, 0.15) is 0 Å². The molecule has 2 unspecified atom stereocenters. The van der Waals surface area contributed by atoms with Crippen LogP contribution in [0.3, 0.4) is 0 Å². The molecule has 0 rings (SSSR count). The fraction of sp³-hybridized carbons (Fsp3) is 1.00. The molecule has 0 amide bonds. The summed E-state index contributed by atoms with van der Waals surface area (Å²) in [4.78, 5) is 0. The van der Waals surface area contributed by atoms with Gasteiger partial charge in [-0.25, -0.2) is 0 Å². The lowest BCUT2D eigenvalue weighted by Gasteiger charge is -2.44. The maximum atomic E-state index is 9.02. The molecule has 206 valence electrons. The molecule has 0 heterocycles. The van der Waals surface area contributed by atoms with Crippen molar-refractivity contribution in [3.8, 4) is 0 Å². The molecule has 7 nitrogen and oxygen atoms in total. The first-order chi connectivity index (χ1) is 15.3. The van der Waals surface area contributed by atoms with Crippen LogP contribution in [-0.2, 0) is 21.2 Å². The fourth-order valence-corrected chi connectivity index (χ4v) is 28.2. The zero-order valence-corrected chi connectivity index (χ0v) is 29.1. The highest BCUT2D eigenvalue weighted by Gasteiger charge is 2.48. The van der Waals surface area contributed by atoms with E-state index in [0.29, 0.717) is 6.61 Å². The van der Waals surface area contributed by atoms with E-state index in [0.717, 1.165) is 24.9 Å². The maximum Gasteiger partial charge on any atom is 0.317 e. The van der Waals surface area contributed by atoms with Gasteiger partial charge in [0.25, 0.3) is 0 Å². The van der Waals surface area contributed by atoms with Crippen molar-refractivity contribution >= 4 is 42.3 Å². The second-order valence-electron chi connectivity index (χ2n) is 12.1. The van der Waals surface area contributed by atoms with Crippen molar-refractivity contribution in [2.75, 3.05) is 13.2 Å². The van der Waals surface area contributed by atoms with Crippen molar-refractivity contribution in [3.05, 3.63) is 0 Å². The molecule has 0 aliphatic rings. The van der Waals surface area contributed by atoms with Crippen molar-refractivity contribution < 1.29 is 31.4 Å². The molecule has 0 saturated heterocycles. The van der Waals surface area contributed by atoms with E-state index in [2.05, 4.69) is 72.4 Å². The summed E-state index contributed by atoms with van der Waals surface area (Å²) < 4.78 is 32.7. The summed E-state index contributed by atoms with van der Waals surface area (Å²) in [7, 11) is -11.1. The second-order valence-corrected chi connectivity index (χ2v) is 32.2. The van der Waals surface area contributed by atoms with Gasteiger partial charge < -0.3 is 31.4 Å². The molecule has 0 bridgehead atoms. The van der Waals surface area contributed by atoms with Crippen LogP contribution in [0.15, 0.2) is 0 Å². The molecular formula is C22H56O7Si5. The summed E-state index contributed by atoms with van der Waals surface area (Å²) in [6, 6.07) is 1.74. The molecule has 0 spiro atoms. The molecule has 2 N–H and O–H groups in total. The van der Waals surface area contributed by atoms with Crippen molar-refractivity contribution in [1.29, 1.82) is 0 Å². The van der Waals surface area contributed by atoms with E-state index < -0.39 is 48.6 Å². The Labute approximate surface area is 215 Å². The Balaban J connectivity index is 5.59. The van der Waals surface area contributed by atoms with Crippen LogP contribution in [0.4, 0.5) is 0 Å². The van der Waals surface area contributed by atoms with E-state index in [4.69, 9.17) is 31.4 Å². The highest BCUT2D eigenvalue weighted by Crippen LogP contribution is 2.32. The fourth-order valence-electron chi connectivity index (χ4n) is 4.36. The minimum absolute atomic E-state index is 0.0742. The van der Waals surface area contributed by atoms with Crippen LogP contribution in [0.2, 0.25) is 77.6 Å². The first kappa shape index (κ1) is 34.8. The van der Waals surface area contributed by atoms with Crippen molar-refractivity contribution in [2.45, 2.75) is 129 Å². The summed E-state index contributed by atoms with van der Waals surface area (Å²) in [5.74, 6) is 0. The zero-order valence-electron chi connectivity index (χ0n) is 24.1. The lowest BCUT2D eigenvalue weighted by Crippen LogP contribution is -2.60. The molecule has 0 fully saturated rings. The van der Waals surface area contributed by atoms with Crippen LogP contribution < -0.4 is 0 Å². The average Bonchev–Trinajstić information content (AvgIpc) is 2.56. The van der Waals surface area contributed by atoms with Crippen LogP contribution in [-0.4, -0.2) is 72.0 Å². The van der Waals surface area contributed by atoms with Gasteiger partial charge in [-0.15, -0.1) is 0 Å². The Morgan fingerprint density at radius 2 is 1.09 bits per heavy atom. The Morgan fingerprint density at radius 1 is 0.588 bits per heavy atom. The van der Waals surface area contributed by atoms with Crippen LogP contribution in [0, 0.1) is 0 Å². The van der Waals surface area contributed by atoms with Crippen molar-refractivity contribution in [1.82, 2.24) is 0 Å². The third kappa shape index (κ3) is 19.0. The van der Waals surface area contributed by atoms with Crippen LogP contribution in [0.25, 0.3) is 0 Å². The molecule has 0 aliphatic carbocycles. The van der Waals surface area contributed by atoms with Gasteiger partial charge in [-0.3, -0.25) is 0 Å². The van der Waals surface area contributed by atoms with Gasteiger partial charge in [0.15, 0.2) is 22.9 Å². The Hall–Kier alpha value is 0.804. The van der Waals surface area contributed by atoms with Gasteiger partial charge in [-0.05, 0) is 84.0 Å². The Morgan fingerprint density at radius 3 is 1.59 bits per heavy atom. The first-order valence-corrected chi connectivity index (χ1v) is 27.7. The predicted octanol–water partition coefficient (Wildman–Crippen LogP) is 6.26. The number of aliphatic hydroxyl groups is 2. The number of unbranched alkanes of at least 4 members (excludes halogenated alkanes) is 4. The SMILES string of the molecule is CCCCCCC[Si](C)(O[Si](C)(C)O[Si](C)(C)C)O[Si](C)(CCCOCC(O)O)O[Si](C)(C)C. The van der Waals surface area contributed by atoms with Crippen LogP contribution in [0.1, 0.15) is 45.4 Å². The minimum atomic E-state index is -2.57. The molecule has 0 aromatic heterocycles. The standard InChI is InChI=1S/C22H56O7Si5/c1-12-13-14-15-16-19-34(11,28-32(8,9)26-30(2,3)4)29-33(10,27-31(5,6)7)20-17-18-25-21-22(23)24/h22-24H,12-21H2,1-11H3. The van der Waals surface area contributed by atoms with Crippen molar-refractivity contribution in [2.24, 2.45) is 0 Å². The van der Waals surface area contributed by atoms with E-state index in [1.165, 1.54) is 25.7 Å². The number of aliphatic hydroxyl groups excluding tert-OH is 1. The van der Waals surface area contributed by atoms with Gasteiger partial charge in [0.2, 0.25) is 0 Å². The molecule has 0 saturated carbocycles. The van der Waals surface area contributed by atoms with E-state index in [9.17, 15) is 0 Å². The second kappa shape index (κ2) is 15.3. The Kier molecular flexibility index (Phi) is 15.6. The molecule has 2 atom stereocenters. The van der Waals surface area contributed by atoms with E-state index in [1.807, 2.05) is 0 Å². The minimum Gasteiger partial charge on any atom is -0.437 e. The molecular weight excluding hydrogens is 517 g/mol. The Bertz CT molecular complexity index is 555. The number of rotatable bonds is 20. The van der Waals surface area contributed by atoms with E-state index >= 15 is 0 Å². The maximum absolute atomic E-state index is 9.02. The summed E-state index contributed by atoms with van der Waals surface area (Å²) in [6.07, 6.45) is 5.38. The highest BCUT2D eigenvalue weighted by atomic mass is 28.5. The van der Waals surface area contributed by atoms with Gasteiger partial charge in [0, 0.05) is 6.61 Å². The van der Waals surface area contributed by atoms with Gasteiger partial charge in [-0.1, -0.05) is 39.0 Å². The third-order valence-electron chi connectivity index (χ3n) is 4.89. The van der Waals surface area contributed by atoms with Gasteiger partial charge in [0.05, 0.1) is 6.61 Å². The molecule has 0 radical (unpaired) electrons. The average molecular weight is 573 g/mol. The van der Waals surface area contributed by atoms with Crippen LogP contribution >= 0.6 is 0 Å². The predicted molar refractivity (Wildman–Crippen MR) is 154 cm³/mol. The topological polar surface area (TPSA) is 86.6 Å². The monoisotopic (exact) mass is 572 g/mol. The molecule has 0 aromatic carbocycles. The summed E-state index contributed by atoms with van der Waals surface area (Å²) in [6.45, 7) is 24.6. The first-order valence-electron chi connectivity index (χ1n) is 13.0. The normalized spacial score (nSPS) is 17.1. The van der Waals surface area contributed by atoms with Gasteiger partial charge in [-0.2, -0.15) is 0 Å². The van der Waals surface area contributed by atoms with Gasteiger partial charge >= 0.3 is 25.7 Å². The van der Waals surface area contributed by atoms with Crippen molar-refractivity contribution in [3.63, 3.8) is 0 Å². The summed E-state index contributed by atoms with van der Waals surface area (Å²) >= 11 is 0. The smallest absolute Gasteiger partial charge is 0.317 e. The van der Waals surface area contributed by atoms with Crippen LogP contribution in [0.5, 0.6) is 0 Å². The summed E-state index contributed by atoms with van der Waals surface area (Å²) in [5, 5.41) is 18.0. The molecule has 34 heavy (non-hydrogen) atoms. The van der Waals surface area contributed by atoms with E-state index in [-0.39, 0.29) is 6.61 Å². The van der Waals surface area contributed by atoms with E-state index in [1.54, 1.807) is 0 Å². The molecule has 0 aromatic rings. The number of hydrogen-bond donors (Lipinski definition) is 2. The molecule has 12 heteroatoms. The molecule has 0 aliphatic heterocycles. The quantitative estimate of drug-likeness (QED) is 0.101. The largest absolute Gasteiger partial charge is 0.437 e.